The Hall–Kier alpha value is -2.43. The van der Waals surface area contributed by atoms with Crippen LogP contribution in [0.2, 0.25) is 0 Å². The Kier molecular flexibility index (Phi) is 3.34. The zero-order valence-corrected chi connectivity index (χ0v) is 13.6. The van der Waals surface area contributed by atoms with E-state index in [1.165, 1.54) is 4.90 Å². The summed E-state index contributed by atoms with van der Waals surface area (Å²) in [5.41, 5.74) is 0.938. The second-order valence-electron chi connectivity index (χ2n) is 7.01. The van der Waals surface area contributed by atoms with E-state index in [1.54, 1.807) is 38.1 Å². The Balaban J connectivity index is 1.58. The molecule has 2 bridgehead atoms. The third kappa shape index (κ3) is 2.11. The normalized spacial score (nSPS) is 30.4. The van der Waals surface area contributed by atoms with Gasteiger partial charge in [0.15, 0.2) is 0 Å². The number of ether oxygens (including phenoxy) is 1. The quantitative estimate of drug-likeness (QED) is 0.487. The number of rotatable bonds is 3. The van der Waals surface area contributed by atoms with Crippen molar-refractivity contribution in [2.24, 2.45) is 23.7 Å². The molecule has 0 spiro atoms. The van der Waals surface area contributed by atoms with Gasteiger partial charge in [0.25, 0.3) is 0 Å². The van der Waals surface area contributed by atoms with Gasteiger partial charge in [-0.2, -0.15) is 0 Å². The molecule has 3 aliphatic rings. The Morgan fingerprint density at radius 3 is 2.08 bits per heavy atom. The molecule has 24 heavy (non-hydrogen) atoms. The average Bonchev–Trinajstić information content (AvgIpc) is 3.21. The van der Waals surface area contributed by atoms with E-state index >= 15 is 0 Å². The Bertz CT molecular complexity index is 719. The zero-order chi connectivity index (χ0) is 17.0. The second-order valence-corrected chi connectivity index (χ2v) is 7.01. The molecule has 1 aromatic carbocycles. The monoisotopic (exact) mass is 325 g/mol. The molecule has 0 unspecified atom stereocenters. The van der Waals surface area contributed by atoms with Crippen LogP contribution in [0.4, 0.5) is 5.69 Å². The molecule has 0 radical (unpaired) electrons. The maximum atomic E-state index is 12.7. The van der Waals surface area contributed by atoms with Gasteiger partial charge in [-0.25, -0.2) is 4.79 Å². The lowest BCUT2D eigenvalue weighted by molar-refractivity contribution is -0.123. The highest BCUT2D eigenvalue weighted by molar-refractivity contribution is 6.22. The fourth-order valence-corrected chi connectivity index (χ4v) is 4.19. The number of hydrogen-bond donors (Lipinski definition) is 0. The predicted molar refractivity (Wildman–Crippen MR) is 87.2 cm³/mol. The number of esters is 1. The van der Waals surface area contributed by atoms with Gasteiger partial charge in [0.05, 0.1) is 29.2 Å². The van der Waals surface area contributed by atoms with E-state index in [0.717, 1.165) is 6.42 Å². The van der Waals surface area contributed by atoms with Gasteiger partial charge in [-0.3, -0.25) is 14.5 Å². The van der Waals surface area contributed by atoms with Gasteiger partial charge in [0, 0.05) is 0 Å². The van der Waals surface area contributed by atoms with Gasteiger partial charge in [-0.1, -0.05) is 12.2 Å². The SMILES string of the molecule is CC(C)OC(=O)c1ccc(N2C(=O)[C@@H]3[C@H](C2=O)[C@@H]2C=C[C@@H]3C2)cc1. The maximum Gasteiger partial charge on any atom is 0.338 e. The lowest BCUT2D eigenvalue weighted by Crippen LogP contribution is -2.32. The fourth-order valence-electron chi connectivity index (χ4n) is 4.19. The van der Waals surface area contributed by atoms with Crippen LogP contribution >= 0.6 is 0 Å². The first-order chi connectivity index (χ1) is 11.5. The molecular weight excluding hydrogens is 306 g/mol. The van der Waals surface area contributed by atoms with Crippen LogP contribution in [0.5, 0.6) is 0 Å². The summed E-state index contributed by atoms with van der Waals surface area (Å²) in [5, 5.41) is 0. The number of carbonyl (C=O) groups excluding carboxylic acids is 3. The number of anilines is 1. The standard InChI is InChI=1S/C19H19NO4/c1-10(2)24-19(23)11-5-7-14(8-6-11)20-17(21)15-12-3-4-13(9-12)16(15)18(20)22/h3-8,10,12-13,15-16H,9H2,1-2H3/t12-,13-,15-,16+/m1/s1. The van der Waals surface area contributed by atoms with Crippen molar-refractivity contribution >= 4 is 23.5 Å². The Morgan fingerprint density at radius 2 is 1.58 bits per heavy atom. The summed E-state index contributed by atoms with van der Waals surface area (Å²) in [6.07, 6.45) is 4.87. The van der Waals surface area contributed by atoms with Crippen LogP contribution in [0.15, 0.2) is 36.4 Å². The molecule has 0 N–H and O–H groups in total. The Morgan fingerprint density at radius 1 is 1.04 bits per heavy atom. The van der Waals surface area contributed by atoms with E-state index in [0.29, 0.717) is 11.3 Å². The zero-order valence-electron chi connectivity index (χ0n) is 13.6. The highest BCUT2D eigenvalue weighted by atomic mass is 16.5. The molecule has 1 saturated carbocycles. The summed E-state index contributed by atoms with van der Waals surface area (Å²) in [6.45, 7) is 3.57. The summed E-state index contributed by atoms with van der Waals surface area (Å²) in [5.74, 6) is -0.659. The largest absolute Gasteiger partial charge is 0.459 e. The van der Waals surface area contributed by atoms with Crippen molar-refractivity contribution in [3.63, 3.8) is 0 Å². The summed E-state index contributed by atoms with van der Waals surface area (Å²) in [4.78, 5) is 38.6. The lowest BCUT2D eigenvalue weighted by Gasteiger charge is -2.17. The van der Waals surface area contributed by atoms with Crippen LogP contribution in [0, 0.1) is 23.7 Å². The third-order valence-electron chi connectivity index (χ3n) is 5.17. The van der Waals surface area contributed by atoms with E-state index in [2.05, 4.69) is 12.2 Å². The Labute approximate surface area is 140 Å². The van der Waals surface area contributed by atoms with Crippen LogP contribution in [0.3, 0.4) is 0 Å². The van der Waals surface area contributed by atoms with Crippen molar-refractivity contribution in [1.82, 2.24) is 0 Å². The number of nitrogens with zero attached hydrogens (tertiary/aromatic N) is 1. The van der Waals surface area contributed by atoms with E-state index in [9.17, 15) is 14.4 Å². The number of amides is 2. The number of imide groups is 1. The van der Waals surface area contributed by atoms with Gasteiger partial charge < -0.3 is 4.74 Å². The van der Waals surface area contributed by atoms with Crippen molar-refractivity contribution in [3.05, 3.63) is 42.0 Å². The van der Waals surface area contributed by atoms with Crippen LogP contribution in [-0.2, 0) is 14.3 Å². The number of hydrogen-bond acceptors (Lipinski definition) is 4. The molecule has 124 valence electrons. The van der Waals surface area contributed by atoms with E-state index < -0.39 is 5.97 Å². The van der Waals surface area contributed by atoms with Crippen LogP contribution in [-0.4, -0.2) is 23.9 Å². The first kappa shape index (κ1) is 15.1. The van der Waals surface area contributed by atoms with E-state index in [4.69, 9.17) is 4.74 Å². The molecule has 1 saturated heterocycles. The lowest BCUT2D eigenvalue weighted by atomic mass is 9.85. The molecule has 2 aliphatic carbocycles. The number of fused-ring (bicyclic) bond motifs is 5. The molecule has 5 heteroatoms. The minimum Gasteiger partial charge on any atom is -0.459 e. The second kappa shape index (κ2) is 5.30. The number of benzene rings is 1. The van der Waals surface area contributed by atoms with Crippen LogP contribution in [0.1, 0.15) is 30.6 Å². The number of allylic oxidation sites excluding steroid dienone is 2. The van der Waals surface area contributed by atoms with Gasteiger partial charge in [-0.15, -0.1) is 0 Å². The highest BCUT2D eigenvalue weighted by Gasteiger charge is 2.59. The first-order valence-corrected chi connectivity index (χ1v) is 8.34. The first-order valence-electron chi connectivity index (χ1n) is 8.34. The molecule has 1 aromatic rings. The molecule has 2 amide bonds. The average molecular weight is 325 g/mol. The molecule has 4 rings (SSSR count). The smallest absolute Gasteiger partial charge is 0.338 e. The fraction of sp³-hybridized carbons (Fsp3) is 0.421. The third-order valence-corrected chi connectivity index (χ3v) is 5.17. The molecule has 1 heterocycles. The summed E-state index contributed by atoms with van der Waals surface area (Å²) >= 11 is 0. The molecule has 2 fully saturated rings. The predicted octanol–water partition coefficient (Wildman–Crippen LogP) is 2.56. The van der Waals surface area contributed by atoms with Crippen molar-refractivity contribution in [2.45, 2.75) is 26.4 Å². The maximum absolute atomic E-state index is 12.7. The molecule has 0 aromatic heterocycles. The molecule has 5 nitrogen and oxygen atoms in total. The van der Waals surface area contributed by atoms with E-state index in [1.807, 2.05) is 0 Å². The summed E-state index contributed by atoms with van der Waals surface area (Å²) < 4.78 is 5.15. The molecule has 1 aliphatic heterocycles. The minimum absolute atomic E-state index is 0.112. The van der Waals surface area contributed by atoms with Crippen molar-refractivity contribution in [1.29, 1.82) is 0 Å². The van der Waals surface area contributed by atoms with Crippen LogP contribution < -0.4 is 4.90 Å². The molecule has 4 atom stereocenters. The van der Waals surface area contributed by atoms with Gasteiger partial charge >= 0.3 is 5.97 Å². The van der Waals surface area contributed by atoms with Gasteiger partial charge in [0.2, 0.25) is 11.8 Å². The van der Waals surface area contributed by atoms with Crippen molar-refractivity contribution < 1.29 is 19.1 Å². The van der Waals surface area contributed by atoms with Crippen LogP contribution in [0.25, 0.3) is 0 Å². The van der Waals surface area contributed by atoms with Gasteiger partial charge in [-0.05, 0) is 56.4 Å². The molecular formula is C19H19NO4. The van der Waals surface area contributed by atoms with Gasteiger partial charge in [0.1, 0.15) is 0 Å². The highest BCUT2D eigenvalue weighted by Crippen LogP contribution is 2.53. The summed E-state index contributed by atoms with van der Waals surface area (Å²) in [6, 6.07) is 6.48. The topological polar surface area (TPSA) is 63.7 Å². The number of carbonyl (C=O) groups is 3. The van der Waals surface area contributed by atoms with E-state index in [-0.39, 0.29) is 41.6 Å². The summed E-state index contributed by atoms with van der Waals surface area (Å²) in [7, 11) is 0. The minimum atomic E-state index is -0.408. The van der Waals surface area contributed by atoms with Crippen molar-refractivity contribution in [2.75, 3.05) is 4.90 Å². The van der Waals surface area contributed by atoms with Crippen molar-refractivity contribution in [3.8, 4) is 0 Å².